The lowest BCUT2D eigenvalue weighted by atomic mass is 10.1. The van der Waals surface area contributed by atoms with E-state index < -0.39 is 0 Å². The number of nitrogens with two attached hydrogens (primary N) is 2. The van der Waals surface area contributed by atoms with Gasteiger partial charge >= 0.3 is 0 Å². The van der Waals surface area contributed by atoms with E-state index in [1.807, 2.05) is 72.3 Å². The maximum atomic E-state index is 5.88. The molecule has 2 aromatic carbocycles. The quantitative estimate of drug-likeness (QED) is 0.234. The number of thiazole rings is 2. The molecule has 0 fully saturated rings. The van der Waals surface area contributed by atoms with Crippen molar-refractivity contribution in [1.82, 2.24) is 49.4 Å². The van der Waals surface area contributed by atoms with Crippen molar-refractivity contribution in [2.24, 2.45) is 7.05 Å². The number of imidazole rings is 2. The highest BCUT2D eigenvalue weighted by atomic mass is 32.1. The minimum absolute atomic E-state index is 0.392. The van der Waals surface area contributed by atoms with Gasteiger partial charge < -0.3 is 21.0 Å². The van der Waals surface area contributed by atoms with Crippen LogP contribution >= 0.6 is 22.7 Å². The van der Waals surface area contributed by atoms with Crippen LogP contribution in [0.5, 0.6) is 0 Å². The zero-order valence-electron chi connectivity index (χ0n) is 22.6. The van der Waals surface area contributed by atoms with Crippen molar-refractivity contribution in [1.29, 1.82) is 0 Å². The average molecular weight is 603 g/mol. The van der Waals surface area contributed by atoms with E-state index >= 15 is 0 Å². The molecule has 8 aromatic rings. The van der Waals surface area contributed by atoms with E-state index in [-0.39, 0.29) is 0 Å². The number of nitrogens with zero attached hydrogens (tertiary/aromatic N) is 9. The topological polar surface area (TPSA) is 176 Å². The van der Waals surface area contributed by atoms with Crippen LogP contribution in [-0.4, -0.2) is 49.4 Å². The van der Waals surface area contributed by atoms with Crippen molar-refractivity contribution < 1.29 is 0 Å². The third-order valence-corrected chi connectivity index (χ3v) is 8.49. The molecule has 0 bridgehead atoms. The molecule has 0 saturated heterocycles. The van der Waals surface area contributed by atoms with Gasteiger partial charge in [0.1, 0.15) is 54.8 Å². The van der Waals surface area contributed by atoms with Crippen LogP contribution in [0.2, 0.25) is 0 Å². The molecule has 0 aliphatic heterocycles. The number of fused-ring (bicyclic) bond motifs is 2. The monoisotopic (exact) mass is 602 g/mol. The van der Waals surface area contributed by atoms with Crippen molar-refractivity contribution >= 4 is 55.0 Å². The summed E-state index contributed by atoms with van der Waals surface area (Å²) in [6, 6.07) is 20.0. The molecule has 0 amide bonds. The minimum atomic E-state index is 0.392. The molecule has 5 N–H and O–H groups in total. The number of aromatic nitrogens is 10. The number of aromatic amines is 1. The SMILES string of the molecule is Cn1cnc(-c2ccccc2)c1-c1nc2c(N)ncnc2s1.Nc1ncnc2sc(-c3[nH]cnc3-c3ccccc3)nc12. The van der Waals surface area contributed by atoms with Gasteiger partial charge in [-0.05, 0) is 0 Å². The van der Waals surface area contributed by atoms with Gasteiger partial charge in [0.25, 0.3) is 0 Å². The number of rotatable bonds is 4. The number of nitrogen functional groups attached to an aromatic ring is 2. The van der Waals surface area contributed by atoms with Gasteiger partial charge in [0, 0.05) is 18.2 Å². The molecular formula is C29H22N12S2. The first-order chi connectivity index (χ1) is 21.1. The van der Waals surface area contributed by atoms with Crippen LogP contribution in [-0.2, 0) is 7.05 Å². The summed E-state index contributed by atoms with van der Waals surface area (Å²) in [5, 5.41) is 1.63. The molecule has 8 rings (SSSR count). The Morgan fingerprint density at radius 3 is 1.81 bits per heavy atom. The standard InChI is InChI=1S/C15H12N6S.C14H10N6S/c1-21-8-19-10(9-5-3-2-4-6-9)12(21)15-20-11-13(16)17-7-18-14(11)22-15;15-12-11-13(19-7-18-12)21-14(20-11)10-9(16-6-17-10)8-4-2-1-3-5-8/h2-8H,1H3,(H2,16,17,18);1-7H,(H,16,17)(H2,15,18,19). The largest absolute Gasteiger partial charge is 0.382 e. The van der Waals surface area contributed by atoms with E-state index in [1.165, 1.54) is 35.3 Å². The van der Waals surface area contributed by atoms with Crippen molar-refractivity contribution in [3.05, 3.63) is 86.0 Å². The first-order valence-corrected chi connectivity index (χ1v) is 14.6. The predicted octanol–water partition coefficient (Wildman–Crippen LogP) is 5.46. The molecule has 6 heterocycles. The van der Waals surface area contributed by atoms with Crippen LogP contribution in [0.25, 0.3) is 64.6 Å². The van der Waals surface area contributed by atoms with Gasteiger partial charge in [-0.3, -0.25) is 0 Å². The van der Waals surface area contributed by atoms with Gasteiger partial charge in [0.2, 0.25) is 0 Å². The van der Waals surface area contributed by atoms with Gasteiger partial charge in [-0.1, -0.05) is 83.3 Å². The van der Waals surface area contributed by atoms with E-state index in [4.69, 9.17) is 11.5 Å². The highest BCUT2D eigenvalue weighted by molar-refractivity contribution is 7.21. The summed E-state index contributed by atoms with van der Waals surface area (Å²) in [5.74, 6) is 0.791. The Labute approximate surface area is 252 Å². The highest BCUT2D eigenvalue weighted by Crippen LogP contribution is 2.36. The number of anilines is 2. The second kappa shape index (κ2) is 11.0. The van der Waals surface area contributed by atoms with Gasteiger partial charge in [-0.25, -0.2) is 39.9 Å². The molecule has 0 spiro atoms. The molecule has 0 radical (unpaired) electrons. The number of hydrogen-bond donors (Lipinski definition) is 3. The molecular weight excluding hydrogens is 581 g/mol. The average Bonchev–Trinajstić information content (AvgIpc) is 3.84. The molecule has 0 aliphatic carbocycles. The lowest BCUT2D eigenvalue weighted by molar-refractivity contribution is 0.920. The van der Waals surface area contributed by atoms with Crippen LogP contribution in [0.15, 0.2) is 86.0 Å². The van der Waals surface area contributed by atoms with E-state index in [0.29, 0.717) is 22.7 Å². The number of hydrogen-bond acceptors (Lipinski definition) is 12. The Morgan fingerprint density at radius 1 is 0.651 bits per heavy atom. The van der Waals surface area contributed by atoms with Gasteiger partial charge in [-0.15, -0.1) is 0 Å². The summed E-state index contributed by atoms with van der Waals surface area (Å²) in [6.07, 6.45) is 6.36. The van der Waals surface area contributed by atoms with Gasteiger partial charge in [-0.2, -0.15) is 0 Å². The molecule has 43 heavy (non-hydrogen) atoms. The Morgan fingerprint density at radius 2 is 1.21 bits per heavy atom. The molecule has 6 aromatic heterocycles. The minimum Gasteiger partial charge on any atom is -0.382 e. The fourth-order valence-corrected chi connectivity index (χ4v) is 6.44. The number of benzene rings is 2. The Hall–Kier alpha value is -5.60. The van der Waals surface area contributed by atoms with Crippen LogP contribution in [0.1, 0.15) is 0 Å². The lowest BCUT2D eigenvalue weighted by Crippen LogP contribution is -1.93. The molecule has 210 valence electrons. The summed E-state index contributed by atoms with van der Waals surface area (Å²) in [7, 11) is 1.95. The van der Waals surface area contributed by atoms with E-state index in [0.717, 1.165) is 53.6 Å². The van der Waals surface area contributed by atoms with Crippen molar-refractivity contribution in [2.75, 3.05) is 11.5 Å². The molecule has 0 saturated carbocycles. The van der Waals surface area contributed by atoms with Crippen LogP contribution in [0.3, 0.4) is 0 Å². The van der Waals surface area contributed by atoms with Crippen molar-refractivity contribution in [3.8, 4) is 43.9 Å². The molecule has 0 atom stereocenters. The lowest BCUT2D eigenvalue weighted by Gasteiger charge is -2.02. The second-order valence-corrected chi connectivity index (χ2v) is 11.2. The normalized spacial score (nSPS) is 11.1. The van der Waals surface area contributed by atoms with Crippen molar-refractivity contribution in [3.63, 3.8) is 0 Å². The molecule has 12 nitrogen and oxygen atoms in total. The van der Waals surface area contributed by atoms with Gasteiger partial charge in [0.05, 0.1) is 24.0 Å². The van der Waals surface area contributed by atoms with Crippen molar-refractivity contribution in [2.45, 2.75) is 0 Å². The predicted molar refractivity (Wildman–Crippen MR) is 170 cm³/mol. The Balaban J connectivity index is 0.000000140. The summed E-state index contributed by atoms with van der Waals surface area (Å²) < 4.78 is 1.96. The van der Waals surface area contributed by atoms with E-state index in [2.05, 4.69) is 44.9 Å². The fourth-order valence-electron chi connectivity index (χ4n) is 4.51. The van der Waals surface area contributed by atoms with E-state index in [9.17, 15) is 0 Å². The summed E-state index contributed by atoms with van der Waals surface area (Å²) >= 11 is 2.95. The maximum Gasteiger partial charge on any atom is 0.154 e. The zero-order valence-corrected chi connectivity index (χ0v) is 24.2. The fraction of sp³-hybridized carbons (Fsp3) is 0.0345. The molecule has 14 heteroatoms. The van der Waals surface area contributed by atoms with E-state index in [1.54, 1.807) is 12.7 Å². The Bertz CT molecular complexity index is 2180. The van der Waals surface area contributed by atoms with Gasteiger partial charge in [0.15, 0.2) is 11.6 Å². The highest BCUT2D eigenvalue weighted by Gasteiger charge is 2.19. The number of aryl methyl sites for hydroxylation is 1. The van der Waals surface area contributed by atoms with Crippen LogP contribution < -0.4 is 11.5 Å². The summed E-state index contributed by atoms with van der Waals surface area (Å²) in [6.45, 7) is 0. The van der Waals surface area contributed by atoms with Crippen LogP contribution in [0, 0.1) is 0 Å². The number of H-pyrrole nitrogens is 1. The first kappa shape index (κ1) is 26.3. The summed E-state index contributed by atoms with van der Waals surface area (Å²) in [5.41, 5.74) is 18.7. The first-order valence-electron chi connectivity index (χ1n) is 13.0. The third-order valence-electron chi connectivity index (χ3n) is 6.53. The van der Waals surface area contributed by atoms with Crippen LogP contribution in [0.4, 0.5) is 11.6 Å². The Kier molecular flexibility index (Phi) is 6.73. The third kappa shape index (κ3) is 4.94. The smallest absolute Gasteiger partial charge is 0.154 e. The molecule has 0 unspecified atom stereocenters. The summed E-state index contributed by atoms with van der Waals surface area (Å²) in [4.78, 5) is 39.2. The molecule has 0 aliphatic rings. The zero-order chi connectivity index (χ0) is 29.3. The number of nitrogens with one attached hydrogen (secondary N) is 1. The maximum absolute atomic E-state index is 5.88. The second-order valence-electron chi connectivity index (χ2n) is 9.27.